The Kier molecular flexibility index (Phi) is 5.81. The van der Waals surface area contributed by atoms with E-state index in [0.717, 1.165) is 0 Å². The first-order valence-electron chi connectivity index (χ1n) is 5.78. The fourth-order valence-corrected chi connectivity index (χ4v) is 1.79. The summed E-state index contributed by atoms with van der Waals surface area (Å²) in [5.41, 5.74) is 0.519. The maximum atomic E-state index is 12.1. The number of carbonyl (C=O) groups is 2. The number of nitrogens with one attached hydrogen (secondary N) is 3. The van der Waals surface area contributed by atoms with Crippen LogP contribution in [0.1, 0.15) is 20.3 Å². The Morgan fingerprint density at radius 1 is 1.53 bits per heavy atom. The van der Waals surface area contributed by atoms with Crippen LogP contribution in [0.25, 0.3) is 0 Å². The van der Waals surface area contributed by atoms with Gasteiger partial charge in [-0.2, -0.15) is 5.10 Å². The van der Waals surface area contributed by atoms with Crippen LogP contribution in [0.5, 0.6) is 0 Å². The van der Waals surface area contributed by atoms with Crippen LogP contribution < -0.4 is 10.6 Å². The number of carbonyl (C=O) groups excluding carboxylic acids is 2. The second kappa shape index (κ2) is 7.13. The molecule has 0 radical (unpaired) electrons. The van der Waals surface area contributed by atoms with Crippen LogP contribution in [0.15, 0.2) is 10.8 Å². The number of H-pyrrole nitrogens is 1. The number of aromatic nitrogens is 2. The van der Waals surface area contributed by atoms with E-state index in [1.165, 1.54) is 13.3 Å². The number of methoxy groups -OCH3 is 1. The third-order valence-electron chi connectivity index (χ3n) is 2.35. The van der Waals surface area contributed by atoms with Crippen LogP contribution in [0, 0.1) is 5.92 Å². The number of hydrogen-bond donors (Lipinski definition) is 3. The van der Waals surface area contributed by atoms with Crippen LogP contribution in [-0.4, -0.2) is 35.3 Å². The van der Waals surface area contributed by atoms with Gasteiger partial charge in [-0.25, -0.2) is 4.79 Å². The second-order valence-electron chi connectivity index (χ2n) is 4.40. The van der Waals surface area contributed by atoms with Crippen molar-refractivity contribution in [1.29, 1.82) is 0 Å². The number of nitrogens with zero attached hydrogens (tertiary/aromatic N) is 1. The normalized spacial score (nSPS) is 12.1. The van der Waals surface area contributed by atoms with Crippen LogP contribution in [0.3, 0.4) is 0 Å². The molecule has 2 amide bonds. The molecule has 1 atom stereocenters. The van der Waals surface area contributed by atoms with Crippen LogP contribution in [-0.2, 0) is 9.53 Å². The molecular weight excluding hydrogens is 316 g/mol. The van der Waals surface area contributed by atoms with E-state index >= 15 is 0 Å². The number of aromatic amines is 1. The third-order valence-corrected chi connectivity index (χ3v) is 2.96. The molecule has 0 aromatic carbocycles. The molecule has 1 aromatic heterocycles. The van der Waals surface area contributed by atoms with E-state index in [1.807, 2.05) is 13.8 Å². The summed E-state index contributed by atoms with van der Waals surface area (Å²) in [7, 11) is 1.26. The van der Waals surface area contributed by atoms with E-state index in [0.29, 0.717) is 16.7 Å². The van der Waals surface area contributed by atoms with Crippen LogP contribution in [0.2, 0.25) is 0 Å². The molecule has 7 nitrogen and oxygen atoms in total. The molecule has 0 saturated carbocycles. The summed E-state index contributed by atoms with van der Waals surface area (Å²) < 4.78 is 5.09. The lowest BCUT2D eigenvalue weighted by Crippen LogP contribution is -2.44. The number of ether oxygens (including phenoxy) is 1. The Labute approximate surface area is 119 Å². The quantitative estimate of drug-likeness (QED) is 0.767. The Hall–Kier alpha value is -1.57. The van der Waals surface area contributed by atoms with Gasteiger partial charge in [0.25, 0.3) is 0 Å². The minimum Gasteiger partial charge on any atom is -0.453 e. The number of amides is 2. The molecule has 0 aliphatic carbocycles. The minimum absolute atomic E-state index is 0.251. The van der Waals surface area contributed by atoms with E-state index in [-0.39, 0.29) is 11.8 Å². The minimum atomic E-state index is -0.658. The zero-order chi connectivity index (χ0) is 14.4. The van der Waals surface area contributed by atoms with Gasteiger partial charge in [-0.15, -0.1) is 0 Å². The first-order valence-corrected chi connectivity index (χ1v) is 6.57. The molecular formula is C11H17BrN4O3. The summed E-state index contributed by atoms with van der Waals surface area (Å²) in [4.78, 5) is 23.3. The number of hydrogen-bond acceptors (Lipinski definition) is 4. The van der Waals surface area contributed by atoms with Crippen molar-refractivity contribution in [2.24, 2.45) is 5.92 Å². The molecule has 0 saturated heterocycles. The van der Waals surface area contributed by atoms with Gasteiger partial charge in [-0.1, -0.05) is 13.8 Å². The van der Waals surface area contributed by atoms with E-state index in [1.54, 1.807) is 0 Å². The van der Waals surface area contributed by atoms with Gasteiger partial charge in [0.15, 0.2) is 0 Å². The molecule has 0 fully saturated rings. The SMILES string of the molecule is COC(=O)NC(CC(C)C)C(=O)Nc1cn[nH]c1Br. The average Bonchev–Trinajstić information content (AvgIpc) is 2.73. The van der Waals surface area contributed by atoms with E-state index < -0.39 is 12.1 Å². The average molecular weight is 333 g/mol. The fourth-order valence-electron chi connectivity index (χ4n) is 1.48. The van der Waals surface area contributed by atoms with E-state index in [2.05, 4.69) is 41.5 Å². The molecule has 1 aromatic rings. The van der Waals surface area contributed by atoms with Crippen molar-refractivity contribution in [3.05, 3.63) is 10.8 Å². The standard InChI is InChI=1S/C11H17BrN4O3/c1-6(2)4-7(15-11(18)19-3)10(17)14-8-5-13-16-9(8)12/h5-7H,4H2,1-3H3,(H,13,16)(H,14,17)(H,15,18). The molecule has 1 unspecified atom stereocenters. The number of rotatable bonds is 5. The highest BCUT2D eigenvalue weighted by Gasteiger charge is 2.23. The van der Waals surface area contributed by atoms with Crippen molar-refractivity contribution >= 4 is 33.6 Å². The van der Waals surface area contributed by atoms with Gasteiger partial charge < -0.3 is 15.4 Å². The van der Waals surface area contributed by atoms with Gasteiger partial charge in [-0.05, 0) is 28.3 Å². The molecule has 8 heteroatoms. The molecule has 3 N–H and O–H groups in total. The Bertz CT molecular complexity index is 447. The fraction of sp³-hybridized carbons (Fsp3) is 0.545. The number of anilines is 1. The summed E-state index contributed by atoms with van der Waals surface area (Å²) in [6, 6.07) is -0.658. The van der Waals surface area contributed by atoms with Gasteiger partial charge in [-0.3, -0.25) is 9.89 Å². The topological polar surface area (TPSA) is 96.1 Å². The summed E-state index contributed by atoms with van der Waals surface area (Å²) in [6.07, 6.45) is 1.36. The first kappa shape index (κ1) is 15.5. The van der Waals surface area contributed by atoms with E-state index in [9.17, 15) is 9.59 Å². The van der Waals surface area contributed by atoms with Crippen molar-refractivity contribution in [2.45, 2.75) is 26.3 Å². The molecule has 1 rings (SSSR count). The lowest BCUT2D eigenvalue weighted by molar-refractivity contribution is -0.118. The summed E-state index contributed by atoms with van der Waals surface area (Å²) in [5, 5.41) is 11.6. The smallest absolute Gasteiger partial charge is 0.407 e. The number of halogens is 1. The van der Waals surface area contributed by atoms with Gasteiger partial charge in [0.1, 0.15) is 10.6 Å². The van der Waals surface area contributed by atoms with Gasteiger partial charge >= 0.3 is 6.09 Å². The lowest BCUT2D eigenvalue weighted by Gasteiger charge is -2.19. The molecule has 106 valence electrons. The highest BCUT2D eigenvalue weighted by molar-refractivity contribution is 9.10. The molecule has 0 spiro atoms. The van der Waals surface area contributed by atoms with Crippen LogP contribution in [0.4, 0.5) is 10.5 Å². The zero-order valence-electron chi connectivity index (χ0n) is 11.0. The van der Waals surface area contributed by atoms with Gasteiger partial charge in [0.05, 0.1) is 19.0 Å². The highest BCUT2D eigenvalue weighted by atomic mass is 79.9. The lowest BCUT2D eigenvalue weighted by atomic mass is 10.0. The molecule has 0 bridgehead atoms. The zero-order valence-corrected chi connectivity index (χ0v) is 12.6. The summed E-state index contributed by atoms with van der Waals surface area (Å²) in [5.74, 6) is -0.0677. The highest BCUT2D eigenvalue weighted by Crippen LogP contribution is 2.18. The maximum absolute atomic E-state index is 12.1. The van der Waals surface area contributed by atoms with Crippen LogP contribution >= 0.6 is 15.9 Å². The molecule has 0 aliphatic rings. The second-order valence-corrected chi connectivity index (χ2v) is 5.20. The largest absolute Gasteiger partial charge is 0.453 e. The van der Waals surface area contributed by atoms with Crippen molar-refractivity contribution in [2.75, 3.05) is 12.4 Å². The Morgan fingerprint density at radius 2 is 2.21 bits per heavy atom. The molecule has 1 heterocycles. The maximum Gasteiger partial charge on any atom is 0.407 e. The van der Waals surface area contributed by atoms with Gasteiger partial charge in [0, 0.05) is 0 Å². The first-order chi connectivity index (χ1) is 8.93. The molecule has 0 aliphatic heterocycles. The van der Waals surface area contributed by atoms with E-state index in [4.69, 9.17) is 0 Å². The predicted molar refractivity (Wildman–Crippen MR) is 73.7 cm³/mol. The monoisotopic (exact) mass is 332 g/mol. The van der Waals surface area contributed by atoms with Crippen molar-refractivity contribution in [3.63, 3.8) is 0 Å². The third kappa shape index (κ3) is 4.90. The summed E-state index contributed by atoms with van der Waals surface area (Å²) >= 11 is 3.21. The summed E-state index contributed by atoms with van der Waals surface area (Å²) in [6.45, 7) is 3.93. The Morgan fingerprint density at radius 3 is 2.68 bits per heavy atom. The Balaban J connectivity index is 2.70. The van der Waals surface area contributed by atoms with Crippen molar-refractivity contribution < 1.29 is 14.3 Å². The molecule has 19 heavy (non-hydrogen) atoms. The van der Waals surface area contributed by atoms with Gasteiger partial charge in [0.2, 0.25) is 5.91 Å². The predicted octanol–water partition coefficient (Wildman–Crippen LogP) is 1.88. The van der Waals surface area contributed by atoms with Crippen molar-refractivity contribution in [3.8, 4) is 0 Å². The van der Waals surface area contributed by atoms with Crippen molar-refractivity contribution in [1.82, 2.24) is 15.5 Å². The number of alkyl carbamates (subject to hydrolysis) is 1.